The van der Waals surface area contributed by atoms with Crippen molar-refractivity contribution in [3.63, 3.8) is 0 Å². The second kappa shape index (κ2) is 8.11. The summed E-state index contributed by atoms with van der Waals surface area (Å²) in [4.78, 5) is 30.0. The summed E-state index contributed by atoms with van der Waals surface area (Å²) >= 11 is 1.50. The number of hydrogen-bond donors (Lipinski definition) is 1. The van der Waals surface area contributed by atoms with Crippen LogP contribution in [0.1, 0.15) is 45.7 Å². The normalized spacial score (nSPS) is 15.6. The van der Waals surface area contributed by atoms with E-state index in [0.29, 0.717) is 22.3 Å². The molecule has 2 aromatic carbocycles. The predicted molar refractivity (Wildman–Crippen MR) is 121 cm³/mol. The van der Waals surface area contributed by atoms with Gasteiger partial charge < -0.3 is 9.88 Å². The molecule has 1 atom stereocenters. The molecule has 0 bridgehead atoms. The zero-order chi connectivity index (χ0) is 21.4. The van der Waals surface area contributed by atoms with Crippen LogP contribution in [0.2, 0.25) is 0 Å². The van der Waals surface area contributed by atoms with Crippen LogP contribution in [0.4, 0.5) is 5.82 Å². The molecule has 1 N–H and O–H groups in total. The third-order valence-electron chi connectivity index (χ3n) is 5.56. The zero-order valence-electron chi connectivity index (χ0n) is 17.7. The van der Waals surface area contributed by atoms with Gasteiger partial charge in [0.2, 0.25) is 5.91 Å². The Kier molecular flexibility index (Phi) is 5.52. The monoisotopic (exact) mass is 419 g/mol. The van der Waals surface area contributed by atoms with E-state index in [0.717, 1.165) is 16.7 Å². The summed E-state index contributed by atoms with van der Waals surface area (Å²) in [6.07, 6.45) is 0.254. The lowest BCUT2D eigenvalue weighted by atomic mass is 9.84. The van der Waals surface area contributed by atoms with Crippen molar-refractivity contribution < 1.29 is 4.79 Å². The Hall–Kier alpha value is -2.86. The first-order valence-electron chi connectivity index (χ1n) is 9.99. The van der Waals surface area contributed by atoms with Gasteiger partial charge in [-0.2, -0.15) is 4.98 Å². The number of hydrogen-bond acceptors (Lipinski definition) is 4. The average molecular weight is 420 g/mol. The summed E-state index contributed by atoms with van der Waals surface area (Å²) in [5.74, 6) is 0.901. The molecule has 2 heterocycles. The summed E-state index contributed by atoms with van der Waals surface area (Å²) in [5.41, 5.74) is 5.88. The second-order valence-corrected chi connectivity index (χ2v) is 8.91. The van der Waals surface area contributed by atoms with Gasteiger partial charge in [-0.15, -0.1) is 0 Å². The van der Waals surface area contributed by atoms with Crippen LogP contribution in [-0.4, -0.2) is 15.5 Å². The van der Waals surface area contributed by atoms with Crippen LogP contribution < -0.4 is 10.9 Å². The van der Waals surface area contributed by atoms with E-state index in [1.54, 1.807) is 0 Å². The van der Waals surface area contributed by atoms with E-state index in [1.807, 2.05) is 43.7 Å². The maximum Gasteiger partial charge on any atom is 0.279 e. The van der Waals surface area contributed by atoms with E-state index in [1.165, 1.54) is 22.9 Å². The van der Waals surface area contributed by atoms with Crippen LogP contribution >= 0.6 is 11.8 Å². The van der Waals surface area contributed by atoms with Crippen LogP contribution in [0, 0.1) is 20.8 Å². The highest BCUT2D eigenvalue weighted by molar-refractivity contribution is 7.98. The predicted octanol–water partition coefficient (Wildman–Crippen LogP) is 4.47. The molecule has 0 radical (unpaired) electrons. The molecule has 3 aromatic rings. The lowest BCUT2D eigenvalue weighted by Crippen LogP contribution is -2.33. The number of benzene rings is 2. The van der Waals surface area contributed by atoms with E-state index < -0.39 is 0 Å². The van der Waals surface area contributed by atoms with Crippen LogP contribution in [-0.2, 0) is 17.6 Å². The van der Waals surface area contributed by atoms with Gasteiger partial charge in [-0.25, -0.2) is 0 Å². The van der Waals surface area contributed by atoms with Crippen molar-refractivity contribution >= 4 is 23.5 Å². The van der Waals surface area contributed by atoms with Crippen molar-refractivity contribution in [2.24, 2.45) is 7.05 Å². The molecule has 0 saturated carbocycles. The summed E-state index contributed by atoms with van der Waals surface area (Å²) in [7, 11) is 1.86. The number of thioether (sulfide) groups is 1. The number of anilines is 1. The smallest absolute Gasteiger partial charge is 0.279 e. The Balaban J connectivity index is 1.75. The van der Waals surface area contributed by atoms with E-state index in [2.05, 4.69) is 41.5 Å². The fraction of sp³-hybridized carbons (Fsp3) is 0.292. The summed E-state index contributed by atoms with van der Waals surface area (Å²) < 4.78 is 1.84. The number of carbonyl (C=O) groups is 1. The molecule has 6 heteroatoms. The highest BCUT2D eigenvalue weighted by atomic mass is 32.2. The fourth-order valence-electron chi connectivity index (χ4n) is 4.02. The molecule has 154 valence electrons. The number of fused-ring (bicyclic) bond motifs is 1. The molecule has 1 aliphatic heterocycles. The van der Waals surface area contributed by atoms with E-state index in [-0.39, 0.29) is 23.8 Å². The first kappa shape index (κ1) is 20.4. The quantitative estimate of drug-likeness (QED) is 0.501. The maximum absolute atomic E-state index is 13.1. The molecule has 4 rings (SSSR count). The number of aromatic nitrogens is 2. The summed E-state index contributed by atoms with van der Waals surface area (Å²) in [5, 5.41) is 3.52. The van der Waals surface area contributed by atoms with Crippen LogP contribution in [0.25, 0.3) is 0 Å². The van der Waals surface area contributed by atoms with Gasteiger partial charge in [-0.3, -0.25) is 9.59 Å². The standard InChI is InChI=1S/C24H25N3O2S/c1-14-6-5-7-17(10-14)13-30-24-26-23(29)21-19(12-20(28)25-22(21)27(24)4)18-11-15(2)8-9-16(18)3/h5-11,19H,12-13H2,1-4H3,(H,25,28)/t19-/m0/s1. The van der Waals surface area contributed by atoms with Crippen molar-refractivity contribution in [3.05, 3.63) is 86.2 Å². The fourth-order valence-corrected chi connectivity index (χ4v) is 4.92. The third kappa shape index (κ3) is 3.92. The van der Waals surface area contributed by atoms with Gasteiger partial charge in [-0.1, -0.05) is 65.4 Å². The SMILES string of the molecule is Cc1cccc(CSc2nc(=O)c3c(n2C)NC(=O)C[C@H]3c2cc(C)ccc2C)c1. The number of aryl methyl sites for hydroxylation is 3. The van der Waals surface area contributed by atoms with Crippen molar-refractivity contribution in [3.8, 4) is 0 Å². The molecule has 1 aliphatic rings. The first-order valence-corrected chi connectivity index (χ1v) is 11.0. The molecule has 0 unspecified atom stereocenters. The molecule has 0 saturated heterocycles. The molecule has 5 nitrogen and oxygen atoms in total. The number of amides is 1. The number of nitrogens with one attached hydrogen (secondary N) is 1. The second-order valence-electron chi connectivity index (χ2n) is 7.96. The maximum atomic E-state index is 13.1. The van der Waals surface area contributed by atoms with Crippen molar-refractivity contribution in [2.45, 2.75) is 44.0 Å². The zero-order valence-corrected chi connectivity index (χ0v) is 18.5. The van der Waals surface area contributed by atoms with Gasteiger partial charge in [-0.05, 0) is 37.5 Å². The lowest BCUT2D eigenvalue weighted by molar-refractivity contribution is -0.116. The molecule has 0 aliphatic carbocycles. The van der Waals surface area contributed by atoms with Gasteiger partial charge in [0.15, 0.2) is 5.16 Å². The van der Waals surface area contributed by atoms with E-state index in [4.69, 9.17) is 0 Å². The molecule has 0 fully saturated rings. The Morgan fingerprint density at radius 1 is 1.10 bits per heavy atom. The highest BCUT2D eigenvalue weighted by Crippen LogP contribution is 2.37. The lowest BCUT2D eigenvalue weighted by Gasteiger charge is -2.28. The van der Waals surface area contributed by atoms with Crippen molar-refractivity contribution in [1.29, 1.82) is 0 Å². The third-order valence-corrected chi connectivity index (χ3v) is 6.66. The largest absolute Gasteiger partial charge is 0.312 e. The molecular weight excluding hydrogens is 394 g/mol. The molecule has 1 amide bonds. The molecule has 30 heavy (non-hydrogen) atoms. The minimum atomic E-state index is -0.282. The highest BCUT2D eigenvalue weighted by Gasteiger charge is 2.32. The van der Waals surface area contributed by atoms with Crippen molar-refractivity contribution in [1.82, 2.24) is 9.55 Å². The minimum absolute atomic E-state index is 0.0794. The van der Waals surface area contributed by atoms with Gasteiger partial charge in [0.25, 0.3) is 5.56 Å². The Labute approximate surface area is 180 Å². The Morgan fingerprint density at radius 3 is 2.63 bits per heavy atom. The van der Waals surface area contributed by atoms with Gasteiger partial charge in [0.1, 0.15) is 5.82 Å². The minimum Gasteiger partial charge on any atom is -0.312 e. The van der Waals surface area contributed by atoms with Gasteiger partial charge in [0.05, 0.1) is 5.56 Å². The number of carbonyl (C=O) groups excluding carboxylic acids is 1. The van der Waals surface area contributed by atoms with E-state index in [9.17, 15) is 9.59 Å². The number of nitrogens with zero attached hydrogens (tertiary/aromatic N) is 2. The van der Waals surface area contributed by atoms with Crippen LogP contribution in [0.5, 0.6) is 0 Å². The number of rotatable bonds is 4. The van der Waals surface area contributed by atoms with Gasteiger partial charge in [0, 0.05) is 25.1 Å². The summed E-state index contributed by atoms with van der Waals surface area (Å²) in [6.45, 7) is 6.10. The molecule has 0 spiro atoms. The van der Waals surface area contributed by atoms with Gasteiger partial charge >= 0.3 is 0 Å². The van der Waals surface area contributed by atoms with Crippen LogP contribution in [0.3, 0.4) is 0 Å². The topological polar surface area (TPSA) is 64.0 Å². The average Bonchev–Trinajstić information content (AvgIpc) is 2.71. The first-order chi connectivity index (χ1) is 14.3. The van der Waals surface area contributed by atoms with E-state index >= 15 is 0 Å². The Morgan fingerprint density at radius 2 is 1.87 bits per heavy atom. The molecular formula is C24H25N3O2S. The summed E-state index contributed by atoms with van der Waals surface area (Å²) in [6, 6.07) is 14.4. The molecule has 1 aromatic heterocycles. The van der Waals surface area contributed by atoms with Crippen LogP contribution in [0.15, 0.2) is 52.4 Å². The van der Waals surface area contributed by atoms with Crippen molar-refractivity contribution in [2.75, 3.05) is 5.32 Å². The Bertz CT molecular complexity index is 1200.